The smallest absolute Gasteiger partial charge is 0.315 e. The van der Waals surface area contributed by atoms with Gasteiger partial charge in [0, 0.05) is 6.20 Å². The molecule has 1 aromatic rings. The third kappa shape index (κ3) is 4.53. The minimum atomic E-state index is -0.341. The zero-order valence-corrected chi connectivity index (χ0v) is 11.0. The number of aromatic nitrogens is 1. The number of carbonyl (C=O) groups excluding carboxylic acids is 1. The molecule has 0 N–H and O–H groups in total. The number of carbonyl (C=O) groups is 1. The van der Waals surface area contributed by atoms with E-state index in [1.807, 2.05) is 19.9 Å². The third-order valence-electron chi connectivity index (χ3n) is 2.14. The first-order valence-electron chi connectivity index (χ1n) is 5.95. The molecule has 0 spiro atoms. The number of ether oxygens (including phenoxy) is 2. The number of hydrogen-bond acceptors (Lipinski definition) is 5. The lowest BCUT2D eigenvalue weighted by Gasteiger charge is -2.07. The van der Waals surface area contributed by atoms with Crippen LogP contribution in [-0.2, 0) is 14.3 Å². The lowest BCUT2D eigenvalue weighted by Crippen LogP contribution is -2.14. The number of hydrogen-bond donors (Lipinski definition) is 0. The Balaban J connectivity index is 2.84. The molecule has 0 fully saturated rings. The third-order valence-corrected chi connectivity index (χ3v) is 2.14. The maximum absolute atomic E-state index is 11.4. The van der Waals surface area contributed by atoms with E-state index >= 15 is 0 Å². The van der Waals surface area contributed by atoms with Gasteiger partial charge in [-0.3, -0.25) is 9.78 Å². The number of aryl methyl sites for hydroxylation is 1. The van der Waals surface area contributed by atoms with E-state index in [1.165, 1.54) is 0 Å². The van der Waals surface area contributed by atoms with Crippen LogP contribution in [0, 0.1) is 6.92 Å². The van der Waals surface area contributed by atoms with Gasteiger partial charge in [0.05, 0.1) is 24.6 Å². The van der Waals surface area contributed by atoms with Gasteiger partial charge in [0.15, 0.2) is 5.90 Å². The summed E-state index contributed by atoms with van der Waals surface area (Å²) in [6.07, 6.45) is 1.73. The van der Waals surface area contributed by atoms with Gasteiger partial charge in [0.2, 0.25) is 0 Å². The maximum atomic E-state index is 11.4. The largest absolute Gasteiger partial charge is 0.481 e. The lowest BCUT2D eigenvalue weighted by atomic mass is 10.3. The van der Waals surface area contributed by atoms with Crippen LogP contribution in [0.4, 0.5) is 5.69 Å². The van der Waals surface area contributed by atoms with E-state index in [1.54, 1.807) is 19.2 Å². The average Bonchev–Trinajstić information content (AvgIpc) is 2.32. The predicted molar refractivity (Wildman–Crippen MR) is 68.9 cm³/mol. The summed E-state index contributed by atoms with van der Waals surface area (Å²) >= 11 is 0. The Kier molecular flexibility index (Phi) is 5.84. The first-order valence-corrected chi connectivity index (χ1v) is 5.95. The number of pyridine rings is 1. The fourth-order valence-corrected chi connectivity index (χ4v) is 1.35. The summed E-state index contributed by atoms with van der Waals surface area (Å²) in [6, 6.07) is 3.62. The van der Waals surface area contributed by atoms with Gasteiger partial charge in [0.1, 0.15) is 6.42 Å². The van der Waals surface area contributed by atoms with Crippen LogP contribution in [0.5, 0.6) is 0 Å². The van der Waals surface area contributed by atoms with Crippen molar-refractivity contribution in [3.8, 4) is 0 Å². The Labute approximate surface area is 107 Å². The minimum absolute atomic E-state index is 0.0377. The van der Waals surface area contributed by atoms with Crippen molar-refractivity contribution in [1.82, 2.24) is 4.98 Å². The molecule has 0 unspecified atom stereocenters. The van der Waals surface area contributed by atoms with Crippen molar-refractivity contribution in [2.24, 2.45) is 4.99 Å². The zero-order chi connectivity index (χ0) is 13.4. The summed E-state index contributed by atoms with van der Waals surface area (Å²) in [5.41, 5.74) is 1.49. The normalized spacial score (nSPS) is 11.2. The molecule has 0 radical (unpaired) electrons. The zero-order valence-electron chi connectivity index (χ0n) is 11.0. The summed E-state index contributed by atoms with van der Waals surface area (Å²) in [5.74, 6) is 0.0123. The van der Waals surface area contributed by atoms with E-state index in [-0.39, 0.29) is 12.4 Å². The van der Waals surface area contributed by atoms with Crippen LogP contribution in [0.1, 0.15) is 26.0 Å². The molecule has 5 nitrogen and oxygen atoms in total. The van der Waals surface area contributed by atoms with Crippen molar-refractivity contribution >= 4 is 17.6 Å². The van der Waals surface area contributed by atoms with Gasteiger partial charge in [-0.25, -0.2) is 4.99 Å². The van der Waals surface area contributed by atoms with E-state index in [0.717, 1.165) is 5.69 Å². The van der Waals surface area contributed by atoms with Crippen LogP contribution in [0.15, 0.2) is 23.3 Å². The van der Waals surface area contributed by atoms with Gasteiger partial charge in [-0.2, -0.15) is 0 Å². The molecule has 5 heteroatoms. The molecule has 1 aromatic heterocycles. The van der Waals surface area contributed by atoms with Crippen LogP contribution in [0.3, 0.4) is 0 Å². The second kappa shape index (κ2) is 7.42. The molecule has 0 amide bonds. The van der Waals surface area contributed by atoms with Gasteiger partial charge < -0.3 is 9.47 Å². The molecule has 18 heavy (non-hydrogen) atoms. The molecule has 0 aliphatic heterocycles. The van der Waals surface area contributed by atoms with Crippen molar-refractivity contribution in [2.45, 2.75) is 27.2 Å². The Morgan fingerprint density at radius 2 is 2.06 bits per heavy atom. The first-order chi connectivity index (χ1) is 8.67. The number of nitrogens with zero attached hydrogens (tertiary/aromatic N) is 2. The van der Waals surface area contributed by atoms with Crippen LogP contribution >= 0.6 is 0 Å². The van der Waals surface area contributed by atoms with Crippen molar-refractivity contribution < 1.29 is 14.3 Å². The van der Waals surface area contributed by atoms with E-state index in [9.17, 15) is 4.79 Å². The molecule has 0 atom stereocenters. The van der Waals surface area contributed by atoms with E-state index in [4.69, 9.17) is 9.47 Å². The van der Waals surface area contributed by atoms with E-state index < -0.39 is 0 Å². The molecule has 98 valence electrons. The van der Waals surface area contributed by atoms with Crippen LogP contribution in [0.2, 0.25) is 0 Å². The summed E-state index contributed by atoms with van der Waals surface area (Å²) in [6.45, 7) is 6.27. The molecular formula is C13H18N2O3. The van der Waals surface area contributed by atoms with E-state index in [0.29, 0.717) is 24.8 Å². The molecule has 1 heterocycles. The Morgan fingerprint density at radius 3 is 2.67 bits per heavy atom. The summed E-state index contributed by atoms with van der Waals surface area (Å²) in [7, 11) is 0. The van der Waals surface area contributed by atoms with Crippen molar-refractivity contribution in [3.05, 3.63) is 24.0 Å². The minimum Gasteiger partial charge on any atom is -0.481 e. The number of rotatable bonds is 5. The molecule has 0 saturated carbocycles. The van der Waals surface area contributed by atoms with Crippen LogP contribution in [0.25, 0.3) is 0 Å². The molecule has 0 aromatic carbocycles. The Morgan fingerprint density at radius 1 is 1.33 bits per heavy atom. The number of aliphatic imine (C=N–C) groups is 1. The van der Waals surface area contributed by atoms with Gasteiger partial charge >= 0.3 is 5.97 Å². The molecular weight excluding hydrogens is 232 g/mol. The standard InChI is InChI=1S/C13H18N2O3/c1-4-17-12(9-13(16)18-5-2)15-11-7-6-8-14-10(11)3/h6-8H,4-5,9H2,1-3H3. The Hall–Kier alpha value is -1.91. The Bertz CT molecular complexity index is 430. The highest BCUT2D eigenvalue weighted by Gasteiger charge is 2.10. The predicted octanol–water partition coefficient (Wildman–Crippen LogP) is 2.41. The van der Waals surface area contributed by atoms with Crippen LogP contribution < -0.4 is 0 Å². The molecule has 0 aliphatic carbocycles. The van der Waals surface area contributed by atoms with Gasteiger partial charge in [-0.1, -0.05) is 0 Å². The maximum Gasteiger partial charge on any atom is 0.315 e. The monoisotopic (exact) mass is 250 g/mol. The van der Waals surface area contributed by atoms with Crippen molar-refractivity contribution in [1.29, 1.82) is 0 Å². The fourth-order valence-electron chi connectivity index (χ4n) is 1.35. The highest BCUT2D eigenvalue weighted by atomic mass is 16.5. The lowest BCUT2D eigenvalue weighted by molar-refractivity contribution is -0.141. The summed E-state index contributed by atoms with van der Waals surface area (Å²) < 4.78 is 10.2. The highest BCUT2D eigenvalue weighted by Crippen LogP contribution is 2.16. The number of esters is 1. The molecule has 1 rings (SSSR count). The average molecular weight is 250 g/mol. The molecule has 0 bridgehead atoms. The topological polar surface area (TPSA) is 60.8 Å². The molecule has 0 saturated heterocycles. The first kappa shape index (κ1) is 14.2. The quantitative estimate of drug-likeness (QED) is 0.457. The second-order valence-corrected chi connectivity index (χ2v) is 3.53. The second-order valence-electron chi connectivity index (χ2n) is 3.53. The van der Waals surface area contributed by atoms with E-state index in [2.05, 4.69) is 9.98 Å². The molecule has 0 aliphatic rings. The SMILES string of the molecule is CCOC(=O)CC(=Nc1cccnc1C)OCC. The fraction of sp³-hybridized carbons (Fsp3) is 0.462. The van der Waals surface area contributed by atoms with Gasteiger partial charge in [0.25, 0.3) is 0 Å². The van der Waals surface area contributed by atoms with Crippen molar-refractivity contribution in [2.75, 3.05) is 13.2 Å². The van der Waals surface area contributed by atoms with Gasteiger partial charge in [-0.05, 0) is 32.9 Å². The van der Waals surface area contributed by atoms with Crippen molar-refractivity contribution in [3.63, 3.8) is 0 Å². The highest BCUT2D eigenvalue weighted by molar-refractivity contribution is 5.95. The van der Waals surface area contributed by atoms with Crippen LogP contribution in [-0.4, -0.2) is 30.1 Å². The van der Waals surface area contributed by atoms with Gasteiger partial charge in [-0.15, -0.1) is 0 Å². The summed E-state index contributed by atoms with van der Waals surface area (Å²) in [4.78, 5) is 19.8. The summed E-state index contributed by atoms with van der Waals surface area (Å²) in [5, 5.41) is 0.